The van der Waals surface area contributed by atoms with Crippen LogP contribution in [0, 0.1) is 0 Å². The van der Waals surface area contributed by atoms with Gasteiger partial charge in [-0.25, -0.2) is 14.6 Å². The van der Waals surface area contributed by atoms with E-state index in [0.717, 1.165) is 0 Å². The van der Waals surface area contributed by atoms with Crippen molar-refractivity contribution in [3.8, 4) is 23.1 Å². The summed E-state index contributed by atoms with van der Waals surface area (Å²) >= 11 is 0. The van der Waals surface area contributed by atoms with Crippen LogP contribution in [-0.2, 0) is 0 Å². The molecule has 0 atom stereocenters. The average Bonchev–Trinajstić information content (AvgIpc) is 3.07. The highest BCUT2D eigenvalue weighted by Crippen LogP contribution is 2.20. The summed E-state index contributed by atoms with van der Waals surface area (Å²) in [6, 6.07) is 8.98. The van der Waals surface area contributed by atoms with Crippen LogP contribution in [0.15, 0.2) is 42.7 Å². The summed E-state index contributed by atoms with van der Waals surface area (Å²) in [5, 5.41) is 7.23. The van der Waals surface area contributed by atoms with Gasteiger partial charge in [0.2, 0.25) is 11.7 Å². The van der Waals surface area contributed by atoms with Gasteiger partial charge in [0, 0.05) is 17.8 Å². The number of nitrogens with zero attached hydrogens (tertiary/aromatic N) is 5. The molecule has 3 aromatic rings. The van der Waals surface area contributed by atoms with Gasteiger partial charge in [-0.05, 0) is 39.0 Å². The van der Waals surface area contributed by atoms with E-state index in [9.17, 15) is 4.79 Å². The number of hydrogen-bond donors (Lipinski definition) is 1. The van der Waals surface area contributed by atoms with E-state index in [1.54, 1.807) is 36.3 Å². The molecular formula is C18H20N6O2. The highest BCUT2D eigenvalue weighted by Gasteiger charge is 2.22. The summed E-state index contributed by atoms with van der Waals surface area (Å²) in [4.78, 5) is 25.4. The first-order valence-electron chi connectivity index (χ1n) is 8.09. The van der Waals surface area contributed by atoms with Gasteiger partial charge < -0.3 is 10.1 Å². The van der Waals surface area contributed by atoms with E-state index < -0.39 is 5.54 Å². The Morgan fingerprint density at radius 1 is 1.15 bits per heavy atom. The van der Waals surface area contributed by atoms with Crippen LogP contribution in [0.1, 0.15) is 31.4 Å². The maximum atomic E-state index is 12.5. The molecular weight excluding hydrogens is 332 g/mol. The van der Waals surface area contributed by atoms with Gasteiger partial charge in [0.15, 0.2) is 5.82 Å². The van der Waals surface area contributed by atoms with Crippen LogP contribution in [0.5, 0.6) is 5.88 Å². The van der Waals surface area contributed by atoms with E-state index in [1.807, 2.05) is 39.0 Å². The predicted molar refractivity (Wildman–Crippen MR) is 96.2 cm³/mol. The van der Waals surface area contributed by atoms with Crippen LogP contribution < -0.4 is 10.1 Å². The van der Waals surface area contributed by atoms with E-state index >= 15 is 0 Å². The molecule has 0 saturated heterocycles. The second-order valence-corrected chi connectivity index (χ2v) is 6.65. The van der Waals surface area contributed by atoms with E-state index in [4.69, 9.17) is 4.74 Å². The van der Waals surface area contributed by atoms with Crippen molar-refractivity contribution in [1.29, 1.82) is 0 Å². The quantitative estimate of drug-likeness (QED) is 0.774. The summed E-state index contributed by atoms with van der Waals surface area (Å²) < 4.78 is 6.63. The number of carbonyl (C=O) groups is 1. The first kappa shape index (κ1) is 17.5. The molecule has 3 heterocycles. The molecule has 1 N–H and O–H groups in total. The van der Waals surface area contributed by atoms with Gasteiger partial charge in [0.1, 0.15) is 5.69 Å². The number of rotatable bonds is 4. The Kier molecular flexibility index (Phi) is 4.66. The van der Waals surface area contributed by atoms with Crippen LogP contribution in [0.2, 0.25) is 0 Å². The van der Waals surface area contributed by atoms with Crippen molar-refractivity contribution in [3.63, 3.8) is 0 Å². The third kappa shape index (κ3) is 3.85. The standard InChI is InChI=1S/C18H20N6O2/c1-18(2,3)22-17(25)15-21-16(13-7-5-6-10-19-13)24(23-15)12-8-9-14(26-4)20-11-12/h5-11H,1-4H3,(H,22,25). The number of carbonyl (C=O) groups excluding carboxylic acids is 1. The summed E-state index contributed by atoms with van der Waals surface area (Å²) in [5.41, 5.74) is 0.856. The fourth-order valence-electron chi connectivity index (χ4n) is 2.26. The van der Waals surface area contributed by atoms with Gasteiger partial charge in [-0.3, -0.25) is 9.78 Å². The molecule has 0 bridgehead atoms. The molecule has 8 heteroatoms. The van der Waals surface area contributed by atoms with Gasteiger partial charge in [-0.15, -0.1) is 5.10 Å². The number of aromatic nitrogens is 5. The fraction of sp³-hybridized carbons (Fsp3) is 0.278. The van der Waals surface area contributed by atoms with Crippen LogP contribution >= 0.6 is 0 Å². The second kappa shape index (κ2) is 6.91. The lowest BCUT2D eigenvalue weighted by Crippen LogP contribution is -2.41. The molecule has 3 aromatic heterocycles. The molecule has 1 amide bonds. The number of methoxy groups -OCH3 is 1. The van der Waals surface area contributed by atoms with Gasteiger partial charge in [-0.1, -0.05) is 6.07 Å². The maximum absolute atomic E-state index is 12.5. The molecule has 0 radical (unpaired) electrons. The summed E-state index contributed by atoms with van der Waals surface area (Å²) in [7, 11) is 1.55. The fourth-order valence-corrected chi connectivity index (χ4v) is 2.26. The maximum Gasteiger partial charge on any atom is 0.291 e. The molecule has 0 spiro atoms. The average molecular weight is 352 g/mol. The number of pyridine rings is 2. The van der Waals surface area contributed by atoms with Gasteiger partial charge in [0.25, 0.3) is 5.91 Å². The van der Waals surface area contributed by atoms with Crippen LogP contribution in [0.3, 0.4) is 0 Å². The van der Waals surface area contributed by atoms with Crippen molar-refractivity contribution < 1.29 is 9.53 Å². The Labute approximate surface area is 151 Å². The first-order valence-corrected chi connectivity index (χ1v) is 8.09. The first-order chi connectivity index (χ1) is 12.4. The van der Waals surface area contributed by atoms with Crippen molar-refractivity contribution >= 4 is 5.91 Å². The minimum absolute atomic E-state index is 0.0661. The predicted octanol–water partition coefficient (Wildman–Crippen LogP) is 2.26. The topological polar surface area (TPSA) is 94.8 Å². The van der Waals surface area contributed by atoms with Crippen molar-refractivity contribution in [2.45, 2.75) is 26.3 Å². The number of ether oxygens (including phenoxy) is 1. The van der Waals surface area contributed by atoms with Crippen LogP contribution in [0.4, 0.5) is 0 Å². The zero-order chi connectivity index (χ0) is 18.7. The van der Waals surface area contributed by atoms with Gasteiger partial charge in [0.05, 0.1) is 19.0 Å². The number of nitrogens with one attached hydrogen (secondary N) is 1. The lowest BCUT2D eigenvalue weighted by molar-refractivity contribution is 0.0909. The highest BCUT2D eigenvalue weighted by atomic mass is 16.5. The molecule has 8 nitrogen and oxygen atoms in total. The SMILES string of the molecule is COc1ccc(-n2nc(C(=O)NC(C)(C)C)nc2-c2ccccn2)cn1. The largest absolute Gasteiger partial charge is 0.481 e. The Morgan fingerprint density at radius 3 is 2.54 bits per heavy atom. The Balaban J connectivity index is 2.07. The summed E-state index contributed by atoms with van der Waals surface area (Å²) in [5.74, 6) is 0.655. The molecule has 134 valence electrons. The molecule has 0 saturated carbocycles. The molecule has 0 fully saturated rings. The van der Waals surface area contributed by atoms with Gasteiger partial charge >= 0.3 is 0 Å². The summed E-state index contributed by atoms with van der Waals surface area (Å²) in [6.45, 7) is 5.69. The van der Waals surface area contributed by atoms with E-state index in [1.165, 1.54) is 0 Å². The van der Waals surface area contributed by atoms with E-state index in [2.05, 4.69) is 25.4 Å². The minimum Gasteiger partial charge on any atom is -0.481 e. The third-order valence-corrected chi connectivity index (χ3v) is 3.37. The Morgan fingerprint density at radius 2 is 1.96 bits per heavy atom. The lowest BCUT2D eigenvalue weighted by Gasteiger charge is -2.18. The molecule has 0 aliphatic rings. The Hall–Kier alpha value is -3.29. The monoisotopic (exact) mass is 352 g/mol. The molecule has 0 aliphatic carbocycles. The van der Waals surface area contributed by atoms with Crippen molar-refractivity contribution in [1.82, 2.24) is 30.0 Å². The van der Waals surface area contributed by atoms with Crippen molar-refractivity contribution in [3.05, 3.63) is 48.5 Å². The highest BCUT2D eigenvalue weighted by molar-refractivity contribution is 5.91. The minimum atomic E-state index is -0.393. The molecule has 0 aliphatic heterocycles. The summed E-state index contributed by atoms with van der Waals surface area (Å²) in [6.07, 6.45) is 3.26. The zero-order valence-electron chi connectivity index (χ0n) is 15.1. The van der Waals surface area contributed by atoms with E-state index in [-0.39, 0.29) is 11.7 Å². The van der Waals surface area contributed by atoms with Crippen LogP contribution in [0.25, 0.3) is 17.2 Å². The molecule has 0 aromatic carbocycles. The molecule has 0 unspecified atom stereocenters. The van der Waals surface area contributed by atoms with Gasteiger partial charge in [-0.2, -0.15) is 0 Å². The van der Waals surface area contributed by atoms with Crippen LogP contribution in [-0.4, -0.2) is 43.3 Å². The third-order valence-electron chi connectivity index (χ3n) is 3.37. The lowest BCUT2D eigenvalue weighted by atomic mass is 10.1. The molecule has 3 rings (SSSR count). The number of amides is 1. The van der Waals surface area contributed by atoms with E-state index in [0.29, 0.717) is 23.1 Å². The molecule has 26 heavy (non-hydrogen) atoms. The number of hydrogen-bond acceptors (Lipinski definition) is 6. The smallest absolute Gasteiger partial charge is 0.291 e. The second-order valence-electron chi connectivity index (χ2n) is 6.65. The zero-order valence-corrected chi connectivity index (χ0v) is 15.1. The Bertz CT molecular complexity index is 898. The van der Waals surface area contributed by atoms with Crippen molar-refractivity contribution in [2.24, 2.45) is 0 Å². The van der Waals surface area contributed by atoms with Crippen molar-refractivity contribution in [2.75, 3.05) is 7.11 Å². The normalized spacial score (nSPS) is 11.2.